The van der Waals surface area contributed by atoms with Crippen molar-refractivity contribution in [3.05, 3.63) is 48.0 Å². The predicted molar refractivity (Wildman–Crippen MR) is 67.7 cm³/mol. The second-order valence-corrected chi connectivity index (χ2v) is 3.66. The summed E-state index contributed by atoms with van der Waals surface area (Å²) in [5.74, 6) is 1.21. The summed E-state index contributed by atoms with van der Waals surface area (Å²) in [6.45, 7) is -0.0688. The summed E-state index contributed by atoms with van der Waals surface area (Å²) in [6.07, 6.45) is 0. The number of anilines is 2. The largest absolute Gasteiger partial charge is 0.457 e. The number of nitrogen functional groups attached to an aromatic ring is 2. The fourth-order valence-electron chi connectivity index (χ4n) is 1.48. The smallest absolute Gasteiger partial charge is 0.132 e. The lowest BCUT2D eigenvalue weighted by Gasteiger charge is -2.10. The Labute approximate surface area is 99.4 Å². The molecule has 5 N–H and O–H groups in total. The van der Waals surface area contributed by atoms with Gasteiger partial charge in [0.05, 0.1) is 18.0 Å². The van der Waals surface area contributed by atoms with E-state index < -0.39 is 0 Å². The molecular weight excluding hydrogens is 216 g/mol. The van der Waals surface area contributed by atoms with Crippen molar-refractivity contribution in [2.24, 2.45) is 0 Å². The van der Waals surface area contributed by atoms with Crippen molar-refractivity contribution in [3.63, 3.8) is 0 Å². The van der Waals surface area contributed by atoms with E-state index in [4.69, 9.17) is 16.2 Å². The molecule has 0 unspecified atom stereocenters. The third kappa shape index (κ3) is 2.49. The van der Waals surface area contributed by atoms with Crippen LogP contribution in [0.25, 0.3) is 0 Å². The molecule has 17 heavy (non-hydrogen) atoms. The molecule has 0 aliphatic heterocycles. The molecule has 2 rings (SSSR count). The molecule has 0 atom stereocenters. The molecule has 0 amide bonds. The van der Waals surface area contributed by atoms with Crippen LogP contribution in [-0.4, -0.2) is 5.11 Å². The van der Waals surface area contributed by atoms with E-state index in [1.807, 2.05) is 12.1 Å². The number of rotatable bonds is 3. The molecule has 0 spiro atoms. The van der Waals surface area contributed by atoms with Gasteiger partial charge >= 0.3 is 0 Å². The van der Waals surface area contributed by atoms with E-state index in [1.54, 1.807) is 30.3 Å². The first-order valence-electron chi connectivity index (χ1n) is 5.22. The topological polar surface area (TPSA) is 81.5 Å². The Balaban J connectivity index is 2.28. The Morgan fingerprint density at radius 1 is 1.00 bits per heavy atom. The van der Waals surface area contributed by atoms with E-state index in [9.17, 15) is 5.11 Å². The number of nitrogens with two attached hydrogens (primary N) is 2. The van der Waals surface area contributed by atoms with Crippen molar-refractivity contribution in [2.45, 2.75) is 6.61 Å². The van der Waals surface area contributed by atoms with E-state index in [0.717, 1.165) is 5.56 Å². The van der Waals surface area contributed by atoms with Gasteiger partial charge in [-0.1, -0.05) is 18.2 Å². The van der Waals surface area contributed by atoms with Gasteiger partial charge in [-0.05, 0) is 18.2 Å². The monoisotopic (exact) mass is 230 g/mol. The van der Waals surface area contributed by atoms with Crippen LogP contribution in [0.3, 0.4) is 0 Å². The van der Waals surface area contributed by atoms with E-state index >= 15 is 0 Å². The molecule has 0 heterocycles. The summed E-state index contributed by atoms with van der Waals surface area (Å²) in [7, 11) is 0. The first kappa shape index (κ1) is 11.3. The van der Waals surface area contributed by atoms with Crippen molar-refractivity contribution in [1.82, 2.24) is 0 Å². The lowest BCUT2D eigenvalue weighted by atomic mass is 10.2. The van der Waals surface area contributed by atoms with Crippen molar-refractivity contribution < 1.29 is 9.84 Å². The molecule has 0 aliphatic rings. The highest BCUT2D eigenvalue weighted by atomic mass is 16.5. The van der Waals surface area contributed by atoms with E-state index in [1.165, 1.54) is 0 Å². The van der Waals surface area contributed by atoms with Gasteiger partial charge in [0, 0.05) is 11.6 Å². The zero-order valence-electron chi connectivity index (χ0n) is 9.26. The number of hydrogen-bond donors (Lipinski definition) is 3. The van der Waals surface area contributed by atoms with Crippen LogP contribution in [0.5, 0.6) is 11.5 Å². The van der Waals surface area contributed by atoms with Crippen LogP contribution >= 0.6 is 0 Å². The summed E-state index contributed by atoms with van der Waals surface area (Å²) < 4.78 is 5.64. The maximum Gasteiger partial charge on any atom is 0.132 e. The van der Waals surface area contributed by atoms with Gasteiger partial charge < -0.3 is 21.3 Å². The molecule has 0 saturated carbocycles. The molecule has 0 bridgehead atoms. The van der Waals surface area contributed by atoms with Crippen LogP contribution in [0, 0.1) is 0 Å². The first-order chi connectivity index (χ1) is 8.20. The van der Waals surface area contributed by atoms with Gasteiger partial charge in [0.25, 0.3) is 0 Å². The molecule has 0 aromatic heterocycles. The van der Waals surface area contributed by atoms with Gasteiger partial charge in [0.15, 0.2) is 0 Å². The van der Waals surface area contributed by atoms with Crippen LogP contribution in [0.1, 0.15) is 5.56 Å². The van der Waals surface area contributed by atoms with Gasteiger partial charge in [0.2, 0.25) is 0 Å². The second-order valence-electron chi connectivity index (χ2n) is 3.66. The zero-order chi connectivity index (χ0) is 12.3. The van der Waals surface area contributed by atoms with E-state index in [2.05, 4.69) is 0 Å². The highest BCUT2D eigenvalue weighted by Gasteiger charge is 2.04. The number of aliphatic hydroxyl groups excluding tert-OH is 1. The molecule has 88 valence electrons. The summed E-state index contributed by atoms with van der Waals surface area (Å²) in [4.78, 5) is 0. The number of para-hydroxylation sites is 1. The third-order valence-electron chi connectivity index (χ3n) is 2.43. The Bertz CT molecular complexity index is 527. The van der Waals surface area contributed by atoms with Gasteiger partial charge in [-0.15, -0.1) is 0 Å². The second kappa shape index (κ2) is 4.76. The minimum atomic E-state index is -0.0688. The fourth-order valence-corrected chi connectivity index (χ4v) is 1.48. The molecule has 0 saturated heterocycles. The van der Waals surface area contributed by atoms with Crippen molar-refractivity contribution in [1.29, 1.82) is 0 Å². The minimum Gasteiger partial charge on any atom is -0.457 e. The Kier molecular flexibility index (Phi) is 3.16. The molecular formula is C13H14N2O2. The number of hydrogen-bond acceptors (Lipinski definition) is 4. The van der Waals surface area contributed by atoms with Crippen molar-refractivity contribution >= 4 is 11.4 Å². The summed E-state index contributed by atoms with van der Waals surface area (Å²) in [5, 5.41) is 9.17. The molecule has 2 aromatic rings. The van der Waals surface area contributed by atoms with Crippen LogP contribution in [0.2, 0.25) is 0 Å². The Morgan fingerprint density at radius 2 is 1.76 bits per heavy atom. The highest BCUT2D eigenvalue weighted by molar-refractivity contribution is 5.65. The standard InChI is InChI=1S/C13H14N2O2/c14-11-6-5-10(7-12(11)15)17-13-4-2-1-3-9(13)8-16/h1-7,16H,8,14-15H2. The zero-order valence-corrected chi connectivity index (χ0v) is 9.26. The molecule has 4 heteroatoms. The number of benzene rings is 2. The molecule has 0 radical (unpaired) electrons. The summed E-state index contributed by atoms with van der Waals surface area (Å²) in [6, 6.07) is 12.4. The van der Waals surface area contributed by atoms with E-state index in [0.29, 0.717) is 22.9 Å². The van der Waals surface area contributed by atoms with Crippen molar-refractivity contribution in [2.75, 3.05) is 11.5 Å². The quantitative estimate of drug-likeness (QED) is 0.705. The fraction of sp³-hybridized carbons (Fsp3) is 0.0769. The number of aliphatic hydroxyl groups is 1. The van der Waals surface area contributed by atoms with Crippen molar-refractivity contribution in [3.8, 4) is 11.5 Å². The molecule has 0 aliphatic carbocycles. The predicted octanol–water partition coefficient (Wildman–Crippen LogP) is 2.14. The molecule has 0 fully saturated rings. The average Bonchev–Trinajstić information content (AvgIpc) is 2.34. The Morgan fingerprint density at radius 3 is 2.47 bits per heavy atom. The third-order valence-corrected chi connectivity index (χ3v) is 2.43. The summed E-state index contributed by atoms with van der Waals surface area (Å²) >= 11 is 0. The molecule has 2 aromatic carbocycles. The maximum absolute atomic E-state index is 9.17. The highest BCUT2D eigenvalue weighted by Crippen LogP contribution is 2.28. The van der Waals surface area contributed by atoms with Gasteiger partial charge in [-0.25, -0.2) is 0 Å². The lowest BCUT2D eigenvalue weighted by molar-refractivity contribution is 0.276. The van der Waals surface area contributed by atoms with Gasteiger partial charge in [0.1, 0.15) is 11.5 Å². The van der Waals surface area contributed by atoms with Gasteiger partial charge in [-0.2, -0.15) is 0 Å². The van der Waals surface area contributed by atoms with Crippen LogP contribution in [0.15, 0.2) is 42.5 Å². The number of ether oxygens (including phenoxy) is 1. The van der Waals surface area contributed by atoms with Crippen LogP contribution in [-0.2, 0) is 6.61 Å². The van der Waals surface area contributed by atoms with E-state index in [-0.39, 0.29) is 6.61 Å². The normalized spacial score (nSPS) is 10.2. The minimum absolute atomic E-state index is 0.0688. The average molecular weight is 230 g/mol. The Hall–Kier alpha value is -2.20. The lowest BCUT2D eigenvalue weighted by Crippen LogP contribution is -1.96. The first-order valence-corrected chi connectivity index (χ1v) is 5.22. The maximum atomic E-state index is 9.17. The van der Waals surface area contributed by atoms with Gasteiger partial charge in [-0.3, -0.25) is 0 Å². The van der Waals surface area contributed by atoms with Crippen LogP contribution in [0.4, 0.5) is 11.4 Å². The van der Waals surface area contributed by atoms with Crippen LogP contribution < -0.4 is 16.2 Å². The summed E-state index contributed by atoms with van der Waals surface area (Å²) in [5.41, 5.74) is 13.0. The molecule has 4 nitrogen and oxygen atoms in total. The SMILES string of the molecule is Nc1ccc(Oc2ccccc2CO)cc1N.